The minimum absolute atomic E-state index is 0.502. The Bertz CT molecular complexity index is 514. The van der Waals surface area contributed by atoms with Gasteiger partial charge in [0.25, 0.3) is 0 Å². The molecular formula is C14H20N2O. The summed E-state index contributed by atoms with van der Waals surface area (Å²) in [6, 6.07) is 8.90. The quantitative estimate of drug-likeness (QED) is 0.877. The maximum atomic E-state index is 5.24. The molecule has 0 saturated heterocycles. The number of hydrogen-bond acceptors (Lipinski definition) is 2. The van der Waals surface area contributed by atoms with E-state index in [1.807, 2.05) is 6.07 Å². The smallest absolute Gasteiger partial charge is 0.119 e. The van der Waals surface area contributed by atoms with Crippen LogP contribution in [0.1, 0.15) is 19.5 Å². The first-order valence-electron chi connectivity index (χ1n) is 5.97. The van der Waals surface area contributed by atoms with Crippen molar-refractivity contribution in [2.75, 3.05) is 7.11 Å². The second-order valence-electron chi connectivity index (χ2n) is 4.66. The van der Waals surface area contributed by atoms with Gasteiger partial charge in [0.05, 0.1) is 7.11 Å². The van der Waals surface area contributed by atoms with Crippen molar-refractivity contribution in [1.29, 1.82) is 0 Å². The summed E-state index contributed by atoms with van der Waals surface area (Å²) in [5.41, 5.74) is 2.54. The van der Waals surface area contributed by atoms with Crippen LogP contribution >= 0.6 is 0 Å². The van der Waals surface area contributed by atoms with Crippen molar-refractivity contribution in [2.45, 2.75) is 26.4 Å². The lowest BCUT2D eigenvalue weighted by atomic mass is 10.2. The Morgan fingerprint density at radius 1 is 1.29 bits per heavy atom. The molecule has 1 aromatic carbocycles. The van der Waals surface area contributed by atoms with Gasteiger partial charge in [0, 0.05) is 36.2 Å². The Labute approximate surface area is 102 Å². The summed E-state index contributed by atoms with van der Waals surface area (Å²) in [7, 11) is 3.80. The van der Waals surface area contributed by atoms with Gasteiger partial charge < -0.3 is 14.6 Å². The van der Waals surface area contributed by atoms with Gasteiger partial charge in [0.1, 0.15) is 5.75 Å². The molecule has 0 aliphatic heterocycles. The van der Waals surface area contributed by atoms with Crippen LogP contribution < -0.4 is 10.1 Å². The number of rotatable bonds is 4. The van der Waals surface area contributed by atoms with Crippen LogP contribution in [0.3, 0.4) is 0 Å². The highest BCUT2D eigenvalue weighted by Crippen LogP contribution is 2.23. The highest BCUT2D eigenvalue weighted by atomic mass is 16.5. The van der Waals surface area contributed by atoms with Crippen molar-refractivity contribution < 1.29 is 4.74 Å². The standard InChI is InChI=1S/C14H20N2O/c1-10(2)15-9-12-7-11-8-13(17-4)5-6-14(11)16(12)3/h5-8,10,15H,9H2,1-4H3. The fraction of sp³-hybridized carbons (Fsp3) is 0.429. The molecule has 0 unspecified atom stereocenters. The van der Waals surface area contributed by atoms with Crippen molar-refractivity contribution in [1.82, 2.24) is 9.88 Å². The number of benzene rings is 1. The minimum Gasteiger partial charge on any atom is -0.497 e. The molecule has 0 fully saturated rings. The number of nitrogens with zero attached hydrogens (tertiary/aromatic N) is 1. The Morgan fingerprint density at radius 3 is 2.71 bits per heavy atom. The van der Waals surface area contributed by atoms with Crippen LogP contribution in [0.25, 0.3) is 10.9 Å². The molecule has 1 N–H and O–H groups in total. The predicted octanol–water partition coefficient (Wildman–Crippen LogP) is 2.68. The molecule has 92 valence electrons. The molecule has 0 aliphatic rings. The lowest BCUT2D eigenvalue weighted by molar-refractivity contribution is 0.415. The maximum Gasteiger partial charge on any atom is 0.119 e. The van der Waals surface area contributed by atoms with Crippen molar-refractivity contribution in [3.05, 3.63) is 30.0 Å². The van der Waals surface area contributed by atoms with Gasteiger partial charge in [0.15, 0.2) is 0 Å². The minimum atomic E-state index is 0.502. The van der Waals surface area contributed by atoms with Crippen molar-refractivity contribution >= 4 is 10.9 Å². The SMILES string of the molecule is COc1ccc2c(c1)cc(CNC(C)C)n2C. The lowest BCUT2D eigenvalue weighted by Gasteiger charge is -2.09. The maximum absolute atomic E-state index is 5.24. The molecule has 1 heterocycles. The number of fused-ring (bicyclic) bond motifs is 1. The van der Waals surface area contributed by atoms with E-state index in [1.54, 1.807) is 7.11 Å². The molecule has 3 nitrogen and oxygen atoms in total. The number of aromatic nitrogens is 1. The molecule has 0 spiro atoms. The first-order valence-corrected chi connectivity index (χ1v) is 5.97. The lowest BCUT2D eigenvalue weighted by Crippen LogP contribution is -2.22. The van der Waals surface area contributed by atoms with Gasteiger partial charge >= 0.3 is 0 Å². The van der Waals surface area contributed by atoms with Crippen LogP contribution in [0, 0.1) is 0 Å². The highest BCUT2D eigenvalue weighted by molar-refractivity contribution is 5.82. The fourth-order valence-corrected chi connectivity index (χ4v) is 1.99. The zero-order valence-corrected chi connectivity index (χ0v) is 10.9. The first kappa shape index (κ1) is 12.0. The third kappa shape index (κ3) is 2.44. The molecule has 0 bridgehead atoms. The first-order chi connectivity index (χ1) is 8.11. The van der Waals surface area contributed by atoms with E-state index in [2.05, 4.69) is 49.0 Å². The molecule has 0 aliphatic carbocycles. The monoisotopic (exact) mass is 232 g/mol. The summed E-state index contributed by atoms with van der Waals surface area (Å²) >= 11 is 0. The average Bonchev–Trinajstić information content (AvgIpc) is 2.63. The fourth-order valence-electron chi connectivity index (χ4n) is 1.99. The van der Waals surface area contributed by atoms with Gasteiger partial charge in [0.2, 0.25) is 0 Å². The van der Waals surface area contributed by atoms with Crippen LogP contribution in [0.15, 0.2) is 24.3 Å². The summed E-state index contributed by atoms with van der Waals surface area (Å²) in [5, 5.41) is 4.67. The van der Waals surface area contributed by atoms with Crippen LogP contribution in [-0.4, -0.2) is 17.7 Å². The van der Waals surface area contributed by atoms with Gasteiger partial charge in [-0.15, -0.1) is 0 Å². The highest BCUT2D eigenvalue weighted by Gasteiger charge is 2.06. The van der Waals surface area contributed by atoms with Crippen LogP contribution in [0.4, 0.5) is 0 Å². The van der Waals surface area contributed by atoms with E-state index in [0.717, 1.165) is 12.3 Å². The van der Waals surface area contributed by atoms with Gasteiger partial charge in [-0.2, -0.15) is 0 Å². The zero-order chi connectivity index (χ0) is 12.4. The van der Waals surface area contributed by atoms with Crippen molar-refractivity contribution in [3.63, 3.8) is 0 Å². The Kier molecular flexibility index (Phi) is 3.38. The van der Waals surface area contributed by atoms with Gasteiger partial charge in [-0.05, 0) is 24.3 Å². The van der Waals surface area contributed by atoms with Gasteiger partial charge in [-0.25, -0.2) is 0 Å². The second kappa shape index (κ2) is 4.80. The number of hydrogen-bond donors (Lipinski definition) is 1. The van der Waals surface area contributed by atoms with E-state index in [9.17, 15) is 0 Å². The summed E-state index contributed by atoms with van der Waals surface area (Å²) in [6.45, 7) is 5.21. The largest absolute Gasteiger partial charge is 0.497 e. The molecule has 0 radical (unpaired) electrons. The summed E-state index contributed by atoms with van der Waals surface area (Å²) in [5.74, 6) is 0.909. The number of nitrogens with one attached hydrogen (secondary N) is 1. The number of methoxy groups -OCH3 is 1. The molecule has 2 rings (SSSR count). The molecular weight excluding hydrogens is 212 g/mol. The summed E-state index contributed by atoms with van der Waals surface area (Å²) in [4.78, 5) is 0. The van der Waals surface area contributed by atoms with Crippen LogP contribution in [-0.2, 0) is 13.6 Å². The van der Waals surface area contributed by atoms with E-state index in [0.29, 0.717) is 6.04 Å². The summed E-state index contributed by atoms with van der Waals surface area (Å²) in [6.07, 6.45) is 0. The Hall–Kier alpha value is -1.48. The number of aryl methyl sites for hydroxylation is 1. The molecule has 0 amide bonds. The molecule has 0 saturated carbocycles. The van der Waals surface area contributed by atoms with E-state index >= 15 is 0 Å². The zero-order valence-electron chi connectivity index (χ0n) is 10.9. The van der Waals surface area contributed by atoms with Crippen LogP contribution in [0.5, 0.6) is 5.75 Å². The van der Waals surface area contributed by atoms with E-state index < -0.39 is 0 Å². The molecule has 1 aromatic heterocycles. The van der Waals surface area contributed by atoms with E-state index in [-0.39, 0.29) is 0 Å². The van der Waals surface area contributed by atoms with Gasteiger partial charge in [-0.3, -0.25) is 0 Å². The topological polar surface area (TPSA) is 26.2 Å². The average molecular weight is 232 g/mol. The Morgan fingerprint density at radius 2 is 2.06 bits per heavy atom. The molecule has 2 aromatic rings. The molecule has 17 heavy (non-hydrogen) atoms. The van der Waals surface area contributed by atoms with Gasteiger partial charge in [-0.1, -0.05) is 13.8 Å². The second-order valence-corrected chi connectivity index (χ2v) is 4.66. The normalized spacial score (nSPS) is 11.4. The van der Waals surface area contributed by atoms with Crippen molar-refractivity contribution in [3.8, 4) is 5.75 Å². The third-order valence-corrected chi connectivity index (χ3v) is 3.04. The van der Waals surface area contributed by atoms with E-state index in [1.165, 1.54) is 16.6 Å². The van der Waals surface area contributed by atoms with Crippen LogP contribution in [0.2, 0.25) is 0 Å². The summed E-state index contributed by atoms with van der Waals surface area (Å²) < 4.78 is 7.47. The Balaban J connectivity index is 2.34. The van der Waals surface area contributed by atoms with E-state index in [4.69, 9.17) is 4.74 Å². The predicted molar refractivity (Wildman–Crippen MR) is 71.4 cm³/mol. The molecule has 0 atom stereocenters. The van der Waals surface area contributed by atoms with Crippen molar-refractivity contribution in [2.24, 2.45) is 7.05 Å². The molecule has 3 heteroatoms. The third-order valence-electron chi connectivity index (χ3n) is 3.04. The number of ether oxygens (including phenoxy) is 1.